The van der Waals surface area contributed by atoms with Crippen molar-refractivity contribution in [2.45, 2.75) is 45.2 Å². The van der Waals surface area contributed by atoms with Gasteiger partial charge in [0.2, 0.25) is 0 Å². The zero-order valence-electron chi connectivity index (χ0n) is 8.12. The average molecular weight is 172 g/mol. The summed E-state index contributed by atoms with van der Waals surface area (Å²) in [6, 6.07) is 1.23. The minimum atomic E-state index is 0.560. The van der Waals surface area contributed by atoms with E-state index in [4.69, 9.17) is 10.7 Å². The Kier molecular flexibility index (Phi) is 3.98. The van der Waals surface area contributed by atoms with Crippen LogP contribution >= 0.6 is 0 Å². The minimum Gasteiger partial charge on any atom is -0.303 e. The SMILES string of the molecule is CCC(C)N1CCCC1CON. The molecule has 0 bridgehead atoms. The number of hydrogen-bond acceptors (Lipinski definition) is 3. The van der Waals surface area contributed by atoms with Gasteiger partial charge in [0.25, 0.3) is 0 Å². The Balaban J connectivity index is 2.40. The molecule has 0 saturated carbocycles. The Morgan fingerprint density at radius 1 is 1.67 bits per heavy atom. The Morgan fingerprint density at radius 2 is 2.42 bits per heavy atom. The molecule has 2 atom stereocenters. The van der Waals surface area contributed by atoms with Crippen molar-refractivity contribution in [1.29, 1.82) is 0 Å². The van der Waals surface area contributed by atoms with Crippen LogP contribution in [0.4, 0.5) is 0 Å². The smallest absolute Gasteiger partial charge is 0.0834 e. The third-order valence-corrected chi connectivity index (χ3v) is 2.87. The largest absolute Gasteiger partial charge is 0.303 e. The molecular weight excluding hydrogens is 152 g/mol. The van der Waals surface area contributed by atoms with E-state index in [0.29, 0.717) is 18.7 Å². The van der Waals surface area contributed by atoms with Crippen molar-refractivity contribution in [2.75, 3.05) is 13.2 Å². The first-order valence-electron chi connectivity index (χ1n) is 4.87. The van der Waals surface area contributed by atoms with Gasteiger partial charge in [0.15, 0.2) is 0 Å². The van der Waals surface area contributed by atoms with E-state index >= 15 is 0 Å². The maximum Gasteiger partial charge on any atom is 0.0834 e. The summed E-state index contributed by atoms with van der Waals surface area (Å²) in [5, 5.41) is 0. The predicted octanol–water partition coefficient (Wildman–Crippen LogP) is 1.14. The highest BCUT2D eigenvalue weighted by Crippen LogP contribution is 2.21. The second-order valence-electron chi connectivity index (χ2n) is 3.62. The molecule has 0 spiro atoms. The predicted molar refractivity (Wildman–Crippen MR) is 49.6 cm³/mol. The zero-order chi connectivity index (χ0) is 8.97. The Morgan fingerprint density at radius 3 is 3.00 bits per heavy atom. The molecule has 72 valence electrons. The molecule has 1 rings (SSSR count). The molecule has 0 amide bonds. The van der Waals surface area contributed by atoms with Crippen LogP contribution in [0, 0.1) is 0 Å². The van der Waals surface area contributed by atoms with E-state index in [9.17, 15) is 0 Å². The van der Waals surface area contributed by atoms with Gasteiger partial charge >= 0.3 is 0 Å². The van der Waals surface area contributed by atoms with E-state index in [-0.39, 0.29) is 0 Å². The van der Waals surface area contributed by atoms with Crippen molar-refractivity contribution in [3.05, 3.63) is 0 Å². The molecular formula is C9H20N2O. The van der Waals surface area contributed by atoms with Gasteiger partial charge in [-0.25, -0.2) is 5.90 Å². The van der Waals surface area contributed by atoms with Gasteiger partial charge in [-0.15, -0.1) is 0 Å². The number of nitrogens with zero attached hydrogens (tertiary/aromatic N) is 1. The molecule has 1 aliphatic rings. The van der Waals surface area contributed by atoms with Gasteiger partial charge in [0, 0.05) is 12.1 Å². The molecule has 2 N–H and O–H groups in total. The van der Waals surface area contributed by atoms with E-state index < -0.39 is 0 Å². The minimum absolute atomic E-state index is 0.560. The highest BCUT2D eigenvalue weighted by molar-refractivity contribution is 4.82. The lowest BCUT2D eigenvalue weighted by Gasteiger charge is -2.29. The Hall–Kier alpha value is -0.120. The lowest BCUT2D eigenvalue weighted by molar-refractivity contribution is 0.0622. The number of hydrogen-bond donors (Lipinski definition) is 1. The van der Waals surface area contributed by atoms with Crippen LogP contribution in [0.5, 0.6) is 0 Å². The average Bonchev–Trinajstić information content (AvgIpc) is 2.52. The number of nitrogens with two attached hydrogens (primary N) is 1. The Bertz CT molecular complexity index is 130. The van der Waals surface area contributed by atoms with Crippen LogP contribution in [-0.2, 0) is 4.84 Å². The van der Waals surface area contributed by atoms with Crippen LogP contribution in [0.2, 0.25) is 0 Å². The van der Waals surface area contributed by atoms with Crippen molar-refractivity contribution < 1.29 is 4.84 Å². The Labute approximate surface area is 74.8 Å². The molecule has 1 aliphatic heterocycles. The van der Waals surface area contributed by atoms with Gasteiger partial charge < -0.3 is 4.84 Å². The third-order valence-electron chi connectivity index (χ3n) is 2.87. The van der Waals surface area contributed by atoms with Gasteiger partial charge in [-0.3, -0.25) is 4.90 Å². The first-order chi connectivity index (χ1) is 5.79. The van der Waals surface area contributed by atoms with Gasteiger partial charge in [-0.05, 0) is 32.7 Å². The topological polar surface area (TPSA) is 38.5 Å². The quantitative estimate of drug-likeness (QED) is 0.646. The van der Waals surface area contributed by atoms with E-state index in [1.165, 1.54) is 25.8 Å². The monoisotopic (exact) mass is 172 g/mol. The fraction of sp³-hybridized carbons (Fsp3) is 1.00. The fourth-order valence-electron chi connectivity index (χ4n) is 1.96. The molecule has 0 aliphatic carbocycles. The van der Waals surface area contributed by atoms with Gasteiger partial charge in [0.05, 0.1) is 6.61 Å². The van der Waals surface area contributed by atoms with Gasteiger partial charge in [0.1, 0.15) is 0 Å². The number of likely N-dealkylation sites (tertiary alicyclic amines) is 1. The molecule has 3 nitrogen and oxygen atoms in total. The summed E-state index contributed by atoms with van der Waals surface area (Å²) in [5.74, 6) is 5.09. The summed E-state index contributed by atoms with van der Waals surface area (Å²) < 4.78 is 0. The second kappa shape index (κ2) is 4.80. The molecule has 2 unspecified atom stereocenters. The normalized spacial score (nSPS) is 27.8. The van der Waals surface area contributed by atoms with Crippen molar-refractivity contribution in [3.63, 3.8) is 0 Å². The lowest BCUT2D eigenvalue weighted by atomic mass is 10.2. The summed E-state index contributed by atoms with van der Waals surface area (Å²) in [6.07, 6.45) is 3.74. The molecule has 0 aromatic heterocycles. The molecule has 1 heterocycles. The highest BCUT2D eigenvalue weighted by atomic mass is 16.6. The molecule has 0 aromatic carbocycles. The zero-order valence-corrected chi connectivity index (χ0v) is 8.12. The van der Waals surface area contributed by atoms with E-state index in [2.05, 4.69) is 18.7 Å². The van der Waals surface area contributed by atoms with Crippen LogP contribution in [0.1, 0.15) is 33.1 Å². The second-order valence-corrected chi connectivity index (χ2v) is 3.62. The molecule has 0 radical (unpaired) electrons. The number of rotatable bonds is 4. The third kappa shape index (κ3) is 2.19. The van der Waals surface area contributed by atoms with Crippen LogP contribution in [-0.4, -0.2) is 30.1 Å². The molecule has 1 fully saturated rings. The summed E-state index contributed by atoms with van der Waals surface area (Å²) in [6.45, 7) is 6.39. The summed E-state index contributed by atoms with van der Waals surface area (Å²) in [4.78, 5) is 7.22. The summed E-state index contributed by atoms with van der Waals surface area (Å²) in [7, 11) is 0. The lowest BCUT2D eigenvalue weighted by Crippen LogP contribution is -2.40. The molecule has 12 heavy (non-hydrogen) atoms. The van der Waals surface area contributed by atoms with Crippen molar-refractivity contribution in [2.24, 2.45) is 5.90 Å². The van der Waals surface area contributed by atoms with Crippen LogP contribution in [0.3, 0.4) is 0 Å². The van der Waals surface area contributed by atoms with Crippen LogP contribution in [0.15, 0.2) is 0 Å². The van der Waals surface area contributed by atoms with E-state index in [1.54, 1.807) is 0 Å². The van der Waals surface area contributed by atoms with E-state index in [1.807, 2.05) is 0 Å². The summed E-state index contributed by atoms with van der Waals surface area (Å²) >= 11 is 0. The van der Waals surface area contributed by atoms with Gasteiger partial charge in [-0.1, -0.05) is 6.92 Å². The highest BCUT2D eigenvalue weighted by Gasteiger charge is 2.27. The van der Waals surface area contributed by atoms with Crippen molar-refractivity contribution in [1.82, 2.24) is 4.90 Å². The van der Waals surface area contributed by atoms with Crippen LogP contribution < -0.4 is 5.90 Å². The maximum atomic E-state index is 5.09. The molecule has 3 heteroatoms. The fourth-order valence-corrected chi connectivity index (χ4v) is 1.96. The van der Waals surface area contributed by atoms with E-state index in [0.717, 1.165) is 0 Å². The first-order valence-corrected chi connectivity index (χ1v) is 4.87. The van der Waals surface area contributed by atoms with Crippen molar-refractivity contribution >= 4 is 0 Å². The first kappa shape index (κ1) is 9.96. The standard InChI is InChI=1S/C9H20N2O/c1-3-8(2)11-6-4-5-9(11)7-12-10/h8-9H,3-7,10H2,1-2H3. The summed E-state index contributed by atoms with van der Waals surface area (Å²) in [5.41, 5.74) is 0. The van der Waals surface area contributed by atoms with Gasteiger partial charge in [-0.2, -0.15) is 0 Å². The molecule has 1 saturated heterocycles. The van der Waals surface area contributed by atoms with Crippen LogP contribution in [0.25, 0.3) is 0 Å². The van der Waals surface area contributed by atoms with Crippen molar-refractivity contribution in [3.8, 4) is 0 Å². The maximum absolute atomic E-state index is 5.09. The molecule has 0 aromatic rings.